The van der Waals surface area contributed by atoms with Gasteiger partial charge in [-0.3, -0.25) is 14.4 Å². The molecule has 2 aromatic carbocycles. The van der Waals surface area contributed by atoms with E-state index in [9.17, 15) is 14.4 Å². The van der Waals surface area contributed by atoms with Gasteiger partial charge in [-0.1, -0.05) is 23.7 Å². The molecule has 7 nitrogen and oxygen atoms in total. The predicted octanol–water partition coefficient (Wildman–Crippen LogP) is 3.24. The third kappa shape index (κ3) is 5.65. The fraction of sp³-hybridized carbons (Fsp3) is 0.0909. The number of aromatic nitrogens is 1. The Balaban J connectivity index is 1.66. The molecule has 1 aromatic heterocycles. The maximum absolute atomic E-state index is 12.6. The molecule has 0 saturated heterocycles. The van der Waals surface area contributed by atoms with Crippen LogP contribution in [0.4, 0.5) is 0 Å². The highest BCUT2D eigenvalue weighted by atomic mass is 35.5. The Hall–Kier alpha value is -3.71. The van der Waals surface area contributed by atoms with Crippen molar-refractivity contribution in [2.24, 2.45) is 5.10 Å². The van der Waals surface area contributed by atoms with Crippen LogP contribution in [0.15, 0.2) is 76.8 Å². The fourth-order valence-electron chi connectivity index (χ4n) is 2.63. The van der Waals surface area contributed by atoms with Crippen molar-refractivity contribution in [1.29, 1.82) is 0 Å². The Morgan fingerprint density at radius 1 is 1.10 bits per heavy atom. The van der Waals surface area contributed by atoms with Gasteiger partial charge >= 0.3 is 5.97 Å². The quantitative estimate of drug-likeness (QED) is 0.285. The topological polar surface area (TPSA) is 89.8 Å². The van der Waals surface area contributed by atoms with Crippen molar-refractivity contribution < 1.29 is 14.3 Å². The van der Waals surface area contributed by atoms with Crippen LogP contribution >= 0.6 is 11.6 Å². The Kier molecular flexibility index (Phi) is 6.77. The summed E-state index contributed by atoms with van der Waals surface area (Å²) in [4.78, 5) is 35.9. The molecular weight excluding hydrogens is 406 g/mol. The number of rotatable bonds is 6. The second-order valence-corrected chi connectivity index (χ2v) is 6.78. The van der Waals surface area contributed by atoms with Gasteiger partial charge in [0.2, 0.25) is 0 Å². The number of benzene rings is 2. The zero-order chi connectivity index (χ0) is 21.5. The van der Waals surface area contributed by atoms with E-state index in [4.69, 9.17) is 16.3 Å². The molecule has 1 N–H and O–H groups in total. The Morgan fingerprint density at radius 3 is 2.47 bits per heavy atom. The zero-order valence-electron chi connectivity index (χ0n) is 16.0. The summed E-state index contributed by atoms with van der Waals surface area (Å²) in [5, 5.41) is 4.49. The molecule has 0 spiro atoms. The molecule has 30 heavy (non-hydrogen) atoms. The van der Waals surface area contributed by atoms with Crippen LogP contribution in [0.3, 0.4) is 0 Å². The number of nitrogens with zero attached hydrogens (tertiary/aromatic N) is 2. The number of carbonyl (C=O) groups is 2. The molecule has 1 amide bonds. The van der Waals surface area contributed by atoms with Crippen molar-refractivity contribution in [3.8, 4) is 5.75 Å². The van der Waals surface area contributed by atoms with Crippen LogP contribution in [0.1, 0.15) is 28.4 Å². The summed E-state index contributed by atoms with van der Waals surface area (Å²) < 4.78 is 6.39. The van der Waals surface area contributed by atoms with Gasteiger partial charge in [-0.15, -0.1) is 0 Å². The minimum atomic E-state index is -0.613. The summed E-state index contributed by atoms with van der Waals surface area (Å²) in [6.07, 6.45) is 3.03. The highest BCUT2D eigenvalue weighted by Gasteiger charge is 2.11. The number of hydrazone groups is 1. The molecule has 3 rings (SSSR count). The van der Waals surface area contributed by atoms with Crippen molar-refractivity contribution in [2.45, 2.75) is 13.5 Å². The van der Waals surface area contributed by atoms with E-state index in [1.54, 1.807) is 48.7 Å². The van der Waals surface area contributed by atoms with E-state index in [0.717, 1.165) is 5.56 Å². The molecule has 0 atom stereocenters. The van der Waals surface area contributed by atoms with Gasteiger partial charge in [0.25, 0.3) is 11.5 Å². The number of ether oxygens (including phenoxy) is 1. The van der Waals surface area contributed by atoms with Crippen LogP contribution in [0.5, 0.6) is 5.75 Å². The minimum absolute atomic E-state index is 0.0196. The largest absolute Gasteiger partial charge is 0.427 e. The molecule has 0 bridgehead atoms. The predicted molar refractivity (Wildman–Crippen MR) is 114 cm³/mol. The van der Waals surface area contributed by atoms with Gasteiger partial charge in [-0.05, 0) is 59.7 Å². The van der Waals surface area contributed by atoms with Crippen LogP contribution in [0, 0.1) is 0 Å². The number of pyridine rings is 1. The molecule has 0 aliphatic heterocycles. The summed E-state index contributed by atoms with van der Waals surface area (Å²) in [6.45, 7) is 1.63. The van der Waals surface area contributed by atoms with E-state index < -0.39 is 17.4 Å². The van der Waals surface area contributed by atoms with Crippen LogP contribution in [0.25, 0.3) is 0 Å². The highest BCUT2D eigenvalue weighted by molar-refractivity contribution is 6.30. The van der Waals surface area contributed by atoms with E-state index in [1.807, 2.05) is 12.1 Å². The van der Waals surface area contributed by atoms with Crippen molar-refractivity contribution in [1.82, 2.24) is 9.99 Å². The number of carbonyl (C=O) groups excluding carboxylic acids is 2. The van der Waals surface area contributed by atoms with Crippen molar-refractivity contribution in [3.63, 3.8) is 0 Å². The first kappa shape index (κ1) is 21.0. The number of halogens is 1. The van der Waals surface area contributed by atoms with Crippen LogP contribution < -0.4 is 15.7 Å². The molecule has 0 aliphatic rings. The van der Waals surface area contributed by atoms with Crippen molar-refractivity contribution in [2.75, 3.05) is 0 Å². The summed E-state index contributed by atoms with van der Waals surface area (Å²) in [5.41, 5.74) is 3.47. The van der Waals surface area contributed by atoms with Crippen LogP contribution in [0.2, 0.25) is 5.02 Å². The lowest BCUT2D eigenvalue weighted by molar-refractivity contribution is -0.131. The second kappa shape index (κ2) is 9.67. The lowest BCUT2D eigenvalue weighted by Gasteiger charge is -2.08. The van der Waals surface area contributed by atoms with Crippen LogP contribution in [-0.4, -0.2) is 22.7 Å². The smallest absolute Gasteiger partial charge is 0.308 e. The van der Waals surface area contributed by atoms with Gasteiger partial charge in [0, 0.05) is 18.1 Å². The molecule has 0 fully saturated rings. The van der Waals surface area contributed by atoms with Gasteiger partial charge in [-0.25, -0.2) is 5.43 Å². The second-order valence-electron chi connectivity index (χ2n) is 6.34. The molecular formula is C22H18ClN3O4. The molecule has 0 aliphatic carbocycles. The average Bonchev–Trinajstić information content (AvgIpc) is 2.72. The maximum atomic E-state index is 12.6. The molecule has 152 valence electrons. The number of hydrogen-bond donors (Lipinski definition) is 1. The Labute approximate surface area is 177 Å². The van der Waals surface area contributed by atoms with Crippen molar-refractivity contribution >= 4 is 29.7 Å². The lowest BCUT2D eigenvalue weighted by atomic mass is 10.2. The van der Waals surface area contributed by atoms with E-state index in [-0.39, 0.29) is 5.56 Å². The van der Waals surface area contributed by atoms with Crippen molar-refractivity contribution in [3.05, 3.63) is 98.9 Å². The summed E-state index contributed by atoms with van der Waals surface area (Å²) in [5.74, 6) is -0.610. The first-order valence-corrected chi connectivity index (χ1v) is 9.36. The number of amides is 1. The van der Waals surface area contributed by atoms with Gasteiger partial charge in [0.05, 0.1) is 12.8 Å². The standard InChI is InChI=1S/C22H18ClN3O4/c1-15(27)30-19-10-6-16(7-11-19)13-24-25-21(28)20-3-2-12-26(22(20)29)14-17-4-8-18(23)9-5-17/h2-13H,14H2,1H3,(H,25,28)/b24-13-. The normalized spacial score (nSPS) is 10.7. The van der Waals surface area contributed by atoms with Gasteiger partial charge in [0.15, 0.2) is 0 Å². The SMILES string of the molecule is CC(=O)Oc1ccc(/C=N\NC(=O)c2cccn(Cc3ccc(Cl)cc3)c2=O)cc1. The Morgan fingerprint density at radius 2 is 1.80 bits per heavy atom. The summed E-state index contributed by atoms with van der Waals surface area (Å²) in [6, 6.07) is 16.8. The van der Waals surface area contributed by atoms with Gasteiger partial charge < -0.3 is 9.30 Å². The summed E-state index contributed by atoms with van der Waals surface area (Å²) in [7, 11) is 0. The lowest BCUT2D eigenvalue weighted by Crippen LogP contribution is -2.30. The molecule has 0 radical (unpaired) electrons. The first-order chi connectivity index (χ1) is 14.4. The molecule has 1 heterocycles. The highest BCUT2D eigenvalue weighted by Crippen LogP contribution is 2.11. The third-order valence-corrected chi connectivity index (χ3v) is 4.30. The van der Waals surface area contributed by atoms with E-state index >= 15 is 0 Å². The average molecular weight is 424 g/mol. The van der Waals surface area contributed by atoms with E-state index in [0.29, 0.717) is 22.9 Å². The monoisotopic (exact) mass is 423 g/mol. The first-order valence-electron chi connectivity index (χ1n) is 8.98. The van der Waals surface area contributed by atoms with Crippen LogP contribution in [-0.2, 0) is 11.3 Å². The molecule has 8 heteroatoms. The Bertz CT molecular complexity index is 1140. The summed E-state index contributed by atoms with van der Waals surface area (Å²) >= 11 is 5.88. The van der Waals surface area contributed by atoms with E-state index in [1.165, 1.54) is 23.8 Å². The molecule has 0 unspecified atom stereocenters. The van der Waals surface area contributed by atoms with E-state index in [2.05, 4.69) is 10.5 Å². The number of esters is 1. The van der Waals surface area contributed by atoms with Gasteiger partial charge in [0.1, 0.15) is 11.3 Å². The van der Waals surface area contributed by atoms with Gasteiger partial charge in [-0.2, -0.15) is 5.10 Å². The molecule has 3 aromatic rings. The third-order valence-electron chi connectivity index (χ3n) is 4.05. The number of nitrogens with one attached hydrogen (secondary N) is 1. The molecule has 0 saturated carbocycles. The zero-order valence-corrected chi connectivity index (χ0v) is 16.8. The fourth-order valence-corrected chi connectivity index (χ4v) is 2.76. The maximum Gasteiger partial charge on any atom is 0.308 e. The number of hydrogen-bond acceptors (Lipinski definition) is 5. The minimum Gasteiger partial charge on any atom is -0.427 e.